The molecule has 2 amide bonds. The van der Waals surface area contributed by atoms with Gasteiger partial charge in [-0.3, -0.25) is 14.9 Å². The number of carbonyl (C=O) groups is 2. The van der Waals surface area contributed by atoms with E-state index >= 15 is 0 Å². The lowest BCUT2D eigenvalue weighted by Gasteiger charge is -2.08. The molecule has 0 aliphatic rings. The molecule has 4 aromatic rings. The quantitative estimate of drug-likeness (QED) is 0.421. The SMILES string of the molecule is Cc1ccc(Cl)cc1NC(=O)c1nc[nH]c1C(=O)Nc1nc2ccccc2[nH]1. The molecule has 0 saturated carbocycles. The monoisotopic (exact) mass is 394 g/mol. The summed E-state index contributed by atoms with van der Waals surface area (Å²) in [5.74, 6) is -0.788. The Morgan fingerprint density at radius 3 is 2.71 bits per heavy atom. The van der Waals surface area contributed by atoms with Crippen LogP contribution < -0.4 is 10.6 Å². The van der Waals surface area contributed by atoms with Gasteiger partial charge in [0.1, 0.15) is 5.69 Å². The first-order valence-corrected chi connectivity index (χ1v) is 8.76. The molecule has 0 fully saturated rings. The van der Waals surface area contributed by atoms with Crippen LogP contribution in [0.1, 0.15) is 26.5 Å². The van der Waals surface area contributed by atoms with Crippen molar-refractivity contribution in [3.8, 4) is 0 Å². The lowest BCUT2D eigenvalue weighted by Crippen LogP contribution is -2.21. The fourth-order valence-electron chi connectivity index (χ4n) is 2.73. The third-order valence-electron chi connectivity index (χ3n) is 4.15. The number of nitrogens with one attached hydrogen (secondary N) is 4. The fourth-order valence-corrected chi connectivity index (χ4v) is 2.90. The highest BCUT2D eigenvalue weighted by Gasteiger charge is 2.22. The molecule has 0 bridgehead atoms. The van der Waals surface area contributed by atoms with Crippen molar-refractivity contribution in [1.29, 1.82) is 0 Å². The van der Waals surface area contributed by atoms with E-state index in [2.05, 4.69) is 30.6 Å². The summed E-state index contributed by atoms with van der Waals surface area (Å²) in [5.41, 5.74) is 2.88. The van der Waals surface area contributed by atoms with Crippen LogP contribution in [0.3, 0.4) is 0 Å². The zero-order valence-electron chi connectivity index (χ0n) is 14.7. The van der Waals surface area contributed by atoms with Crippen LogP contribution in [0.5, 0.6) is 0 Å². The summed E-state index contributed by atoms with van der Waals surface area (Å²) >= 11 is 5.98. The maximum atomic E-state index is 12.6. The van der Waals surface area contributed by atoms with Crippen LogP contribution in [0.15, 0.2) is 48.8 Å². The van der Waals surface area contributed by atoms with Gasteiger partial charge in [0, 0.05) is 10.7 Å². The average molecular weight is 395 g/mol. The van der Waals surface area contributed by atoms with E-state index in [9.17, 15) is 9.59 Å². The normalized spacial score (nSPS) is 10.8. The number of benzene rings is 2. The van der Waals surface area contributed by atoms with Crippen LogP contribution >= 0.6 is 11.6 Å². The van der Waals surface area contributed by atoms with E-state index in [1.165, 1.54) is 6.33 Å². The number of hydrogen-bond acceptors (Lipinski definition) is 4. The zero-order valence-corrected chi connectivity index (χ0v) is 15.5. The lowest BCUT2D eigenvalue weighted by molar-refractivity contribution is 0.0985. The number of H-pyrrole nitrogens is 2. The van der Waals surface area contributed by atoms with Crippen LogP contribution in [-0.2, 0) is 0 Å². The third-order valence-corrected chi connectivity index (χ3v) is 4.39. The molecule has 28 heavy (non-hydrogen) atoms. The van der Waals surface area contributed by atoms with Gasteiger partial charge in [-0.15, -0.1) is 0 Å². The van der Waals surface area contributed by atoms with Gasteiger partial charge in [0.05, 0.1) is 17.4 Å². The van der Waals surface area contributed by atoms with Crippen molar-refractivity contribution >= 4 is 46.1 Å². The Morgan fingerprint density at radius 1 is 1.07 bits per heavy atom. The molecule has 0 radical (unpaired) electrons. The molecule has 0 atom stereocenters. The highest BCUT2D eigenvalue weighted by Crippen LogP contribution is 2.21. The summed E-state index contributed by atoms with van der Waals surface area (Å²) in [6, 6.07) is 12.5. The van der Waals surface area contributed by atoms with Crippen LogP contribution in [0.2, 0.25) is 5.02 Å². The highest BCUT2D eigenvalue weighted by molar-refractivity contribution is 6.31. The largest absolute Gasteiger partial charge is 0.340 e. The maximum absolute atomic E-state index is 12.6. The summed E-state index contributed by atoms with van der Waals surface area (Å²) in [4.78, 5) is 39.2. The van der Waals surface area contributed by atoms with Crippen LogP contribution in [0.4, 0.5) is 11.6 Å². The summed E-state index contributed by atoms with van der Waals surface area (Å²) in [5, 5.41) is 5.85. The van der Waals surface area contributed by atoms with Gasteiger partial charge in [-0.05, 0) is 36.8 Å². The number of nitrogens with zero attached hydrogens (tertiary/aromatic N) is 2. The number of imidazole rings is 2. The number of fused-ring (bicyclic) bond motifs is 1. The number of amides is 2. The lowest BCUT2D eigenvalue weighted by atomic mass is 10.2. The van der Waals surface area contributed by atoms with E-state index in [0.717, 1.165) is 16.6 Å². The first kappa shape index (κ1) is 17.7. The molecule has 9 heteroatoms. The molecule has 4 rings (SSSR count). The van der Waals surface area contributed by atoms with Gasteiger partial charge in [-0.1, -0.05) is 29.8 Å². The standard InChI is InChI=1S/C19H15ClN6O2/c1-10-6-7-11(20)8-14(10)23-17(27)15-16(22-9-21-15)18(28)26-19-24-12-4-2-3-5-13(12)25-19/h2-9H,1H3,(H,21,22)(H,23,27)(H2,24,25,26,28). The molecule has 0 unspecified atom stereocenters. The van der Waals surface area contributed by atoms with Crippen molar-refractivity contribution in [2.24, 2.45) is 0 Å². The van der Waals surface area contributed by atoms with Crippen molar-refractivity contribution in [3.63, 3.8) is 0 Å². The van der Waals surface area contributed by atoms with Crippen LogP contribution in [-0.4, -0.2) is 31.8 Å². The van der Waals surface area contributed by atoms with Crippen molar-refractivity contribution in [1.82, 2.24) is 19.9 Å². The number of aromatic nitrogens is 4. The molecule has 140 valence electrons. The number of para-hydroxylation sites is 2. The molecule has 8 nitrogen and oxygen atoms in total. The van der Waals surface area contributed by atoms with E-state index in [1.54, 1.807) is 18.2 Å². The Labute approximate surface area is 164 Å². The summed E-state index contributed by atoms with van der Waals surface area (Å²) in [7, 11) is 0. The van der Waals surface area contributed by atoms with E-state index in [4.69, 9.17) is 11.6 Å². The molecule has 0 aliphatic heterocycles. The Kier molecular flexibility index (Phi) is 4.54. The number of anilines is 2. The highest BCUT2D eigenvalue weighted by atomic mass is 35.5. The first-order chi connectivity index (χ1) is 13.5. The Hall–Kier alpha value is -3.65. The molecular formula is C19H15ClN6O2. The number of carbonyl (C=O) groups excluding carboxylic acids is 2. The Balaban J connectivity index is 1.55. The predicted octanol–water partition coefficient (Wildman–Crippen LogP) is 3.75. The molecule has 0 aliphatic carbocycles. The molecule has 2 heterocycles. The van der Waals surface area contributed by atoms with Gasteiger partial charge in [0.2, 0.25) is 5.95 Å². The predicted molar refractivity (Wildman–Crippen MR) is 107 cm³/mol. The van der Waals surface area contributed by atoms with Crippen molar-refractivity contribution in [2.45, 2.75) is 6.92 Å². The van der Waals surface area contributed by atoms with Crippen molar-refractivity contribution in [2.75, 3.05) is 10.6 Å². The smallest absolute Gasteiger partial charge is 0.276 e. The molecule has 2 aromatic heterocycles. The van der Waals surface area contributed by atoms with E-state index in [0.29, 0.717) is 10.7 Å². The Morgan fingerprint density at radius 2 is 1.89 bits per heavy atom. The van der Waals surface area contributed by atoms with Gasteiger partial charge < -0.3 is 15.3 Å². The Bertz CT molecular complexity index is 1160. The van der Waals surface area contributed by atoms with E-state index < -0.39 is 11.8 Å². The minimum absolute atomic E-state index is 0.0256. The fraction of sp³-hybridized carbons (Fsp3) is 0.0526. The van der Waals surface area contributed by atoms with E-state index in [1.807, 2.05) is 31.2 Å². The zero-order chi connectivity index (χ0) is 19.7. The van der Waals surface area contributed by atoms with Crippen molar-refractivity contribution < 1.29 is 9.59 Å². The minimum atomic E-state index is -0.537. The van der Waals surface area contributed by atoms with Gasteiger partial charge >= 0.3 is 0 Å². The van der Waals surface area contributed by atoms with Gasteiger partial charge in [-0.2, -0.15) is 0 Å². The first-order valence-electron chi connectivity index (χ1n) is 8.38. The number of aryl methyl sites for hydroxylation is 1. The molecule has 2 aromatic carbocycles. The topological polar surface area (TPSA) is 116 Å². The summed E-state index contributed by atoms with van der Waals surface area (Å²) < 4.78 is 0. The maximum Gasteiger partial charge on any atom is 0.276 e. The second kappa shape index (κ2) is 7.16. The molecule has 0 saturated heterocycles. The van der Waals surface area contributed by atoms with Crippen LogP contribution in [0, 0.1) is 6.92 Å². The van der Waals surface area contributed by atoms with Gasteiger partial charge in [0.15, 0.2) is 5.69 Å². The molecule has 4 N–H and O–H groups in total. The van der Waals surface area contributed by atoms with Gasteiger partial charge in [-0.25, -0.2) is 9.97 Å². The summed E-state index contributed by atoms with van der Waals surface area (Å²) in [6.07, 6.45) is 1.29. The molecular weight excluding hydrogens is 380 g/mol. The number of halogens is 1. The third kappa shape index (κ3) is 3.45. The van der Waals surface area contributed by atoms with Gasteiger partial charge in [0.25, 0.3) is 11.8 Å². The second-order valence-electron chi connectivity index (χ2n) is 6.10. The number of hydrogen-bond donors (Lipinski definition) is 4. The molecule has 0 spiro atoms. The minimum Gasteiger partial charge on any atom is -0.340 e. The average Bonchev–Trinajstić information content (AvgIpc) is 3.31. The van der Waals surface area contributed by atoms with E-state index in [-0.39, 0.29) is 17.3 Å². The second-order valence-corrected chi connectivity index (χ2v) is 6.53. The summed E-state index contributed by atoms with van der Waals surface area (Å²) in [6.45, 7) is 1.84. The van der Waals surface area contributed by atoms with Crippen LogP contribution in [0.25, 0.3) is 11.0 Å². The van der Waals surface area contributed by atoms with Crippen molar-refractivity contribution in [3.05, 3.63) is 70.8 Å². The number of aromatic amines is 2. The number of rotatable bonds is 4.